The number of ether oxygens (including phenoxy) is 1. The zero-order valence-corrected chi connectivity index (χ0v) is 33.1. The first-order valence-electron chi connectivity index (χ1n) is 13.2. The van der Waals surface area contributed by atoms with E-state index in [4.69, 9.17) is 36.9 Å². The van der Waals surface area contributed by atoms with Gasteiger partial charge in [-0.2, -0.15) is 10.5 Å². The maximum Gasteiger partial charge on any atom is 1.00 e. The molecule has 0 amide bonds. The van der Waals surface area contributed by atoms with Crippen LogP contribution in [0.2, 0.25) is 5.15 Å². The Morgan fingerprint density at radius 2 is 1.43 bits per heavy atom. The number of rotatable bonds is 5. The van der Waals surface area contributed by atoms with E-state index in [1.165, 1.54) is 6.20 Å². The molecule has 16 heteroatoms. The fraction of sp³-hybridized carbons (Fsp3) is 0.129. The predicted octanol–water partition coefficient (Wildman–Crippen LogP) is -0.961. The topological polar surface area (TPSA) is 188 Å². The largest absolute Gasteiger partial charge is 1.00 e. The molecule has 0 atom stereocenters. The summed E-state index contributed by atoms with van der Waals surface area (Å²) >= 11 is 5.37. The summed E-state index contributed by atoms with van der Waals surface area (Å²) in [5, 5.41) is 38.1. The normalized spacial score (nSPS) is 9.23. The molecule has 0 bridgehead atoms. The summed E-state index contributed by atoms with van der Waals surface area (Å²) in [4.78, 5) is 26.7. The third-order valence-electron chi connectivity index (χ3n) is 5.97. The van der Waals surface area contributed by atoms with Gasteiger partial charge in [0.15, 0.2) is 0 Å². The van der Waals surface area contributed by atoms with Crippen LogP contribution in [0.5, 0.6) is 17.4 Å². The van der Waals surface area contributed by atoms with Crippen molar-refractivity contribution >= 4 is 39.9 Å². The minimum atomic E-state index is -0.181. The number of nitriles is 2. The third kappa shape index (κ3) is 12.7. The monoisotopic (exact) mass is 704 g/mol. The third-order valence-corrected chi connectivity index (χ3v) is 6.17. The Balaban J connectivity index is 0.000000689. The number of carbonyl (C=O) groups is 1. The zero-order valence-electron chi connectivity index (χ0n) is 27.1. The number of benzene rings is 2. The summed E-state index contributed by atoms with van der Waals surface area (Å²) in [6.45, 7) is 5.45. The van der Waals surface area contributed by atoms with E-state index in [-0.39, 0.29) is 116 Å². The van der Waals surface area contributed by atoms with Gasteiger partial charge in [0.05, 0.1) is 34.6 Å². The zero-order chi connectivity index (χ0) is 32.6. The van der Waals surface area contributed by atoms with Crippen molar-refractivity contribution in [1.82, 2.24) is 29.1 Å². The molecule has 0 fully saturated rings. The maximum atomic E-state index is 9.34. The number of aromatic nitrogens is 6. The first-order chi connectivity index (χ1) is 21.9. The predicted molar refractivity (Wildman–Crippen MR) is 164 cm³/mol. The molecule has 0 unspecified atom stereocenters. The Bertz CT molecular complexity index is 1940. The van der Waals surface area contributed by atoms with Crippen LogP contribution in [0.1, 0.15) is 26.4 Å². The minimum Gasteiger partial charge on any atom is -1.00 e. The van der Waals surface area contributed by atoms with Crippen LogP contribution in [0.25, 0.3) is 21.8 Å². The molecule has 6 aromatic rings. The van der Waals surface area contributed by atoms with Crippen LogP contribution in [-0.4, -0.2) is 40.6 Å². The van der Waals surface area contributed by atoms with E-state index < -0.39 is 0 Å². The van der Waals surface area contributed by atoms with Gasteiger partial charge >= 0.3 is 103 Å². The molecule has 1 N–H and O–H groups in total. The van der Waals surface area contributed by atoms with Crippen molar-refractivity contribution in [3.05, 3.63) is 102 Å². The molecule has 230 valence electrons. The quantitative estimate of drug-likeness (QED) is 0.101. The fourth-order valence-corrected chi connectivity index (χ4v) is 4.17. The number of aromatic hydroxyl groups is 1. The Labute approximate surface area is 362 Å². The molecule has 0 aliphatic heterocycles. The molecule has 13 nitrogen and oxygen atoms in total. The van der Waals surface area contributed by atoms with Crippen LogP contribution >= 0.6 is 11.6 Å². The summed E-state index contributed by atoms with van der Waals surface area (Å²) in [7, 11) is 0. The van der Waals surface area contributed by atoms with Crippen molar-refractivity contribution in [2.24, 2.45) is 0 Å². The Morgan fingerprint density at radius 3 is 1.85 bits per heavy atom. The standard InChI is InChI=1S/C15H12N4O.C11H10N2O.C4H3ClN2.CH2O3.2K.H/c1-2-19-10-11(8-16)13-4-3-12(7-14(13)19)20-15-9-17-5-6-18-15;1-2-13-7-8(6-12)10-4-3-9(14)5-11(10)13;5-4-3-6-1-2-7-4;2-1-4-3;;;/h3-7,9-10H,2H2,1H3;3-5,7,14H,2H2,1H3;1-3H;1,3H;;;/q;;;;2*+1;-1/p-1. The number of halogens is 1. The number of phenolic OH excluding ortho intramolecular Hbond substituents is 1. The average Bonchev–Trinajstić information content (AvgIpc) is 3.63. The number of carbonyl (C=O) groups excluding carboxylic acids is 1. The van der Waals surface area contributed by atoms with Crippen LogP contribution in [0.3, 0.4) is 0 Å². The number of fused-ring (bicyclic) bond motifs is 2. The number of nitrogens with zero attached hydrogens (tertiary/aromatic N) is 8. The minimum absolute atomic E-state index is 0. The van der Waals surface area contributed by atoms with Crippen LogP contribution in [-0.2, 0) is 22.8 Å². The van der Waals surface area contributed by atoms with Crippen molar-refractivity contribution in [2.75, 3.05) is 0 Å². The number of aryl methyl sites for hydroxylation is 2. The first-order valence-corrected chi connectivity index (χ1v) is 13.6. The van der Waals surface area contributed by atoms with Gasteiger partial charge in [-0.1, -0.05) is 11.6 Å². The van der Waals surface area contributed by atoms with Crippen LogP contribution in [0.15, 0.2) is 86.0 Å². The second kappa shape index (κ2) is 22.8. The second-order valence-electron chi connectivity index (χ2n) is 8.63. The number of hydrogen-bond donors (Lipinski definition) is 1. The Morgan fingerprint density at radius 1 is 0.894 bits per heavy atom. The molecule has 0 spiro atoms. The molecule has 4 heterocycles. The molecule has 0 saturated heterocycles. The molecule has 2 aromatic carbocycles. The molecular weight excluding hydrogens is 678 g/mol. The molecule has 0 aliphatic carbocycles. The number of hydrogen-bond acceptors (Lipinski definition) is 11. The van der Waals surface area contributed by atoms with Gasteiger partial charge in [-0.25, -0.2) is 9.97 Å². The molecule has 6 rings (SSSR count). The Hall–Kier alpha value is -2.75. The van der Waals surface area contributed by atoms with E-state index in [9.17, 15) is 5.11 Å². The molecule has 0 aliphatic rings. The van der Waals surface area contributed by atoms with Gasteiger partial charge in [0.2, 0.25) is 5.88 Å². The van der Waals surface area contributed by atoms with E-state index in [1.807, 2.05) is 53.6 Å². The van der Waals surface area contributed by atoms with Crippen LogP contribution in [0, 0.1) is 22.7 Å². The van der Waals surface area contributed by atoms with Gasteiger partial charge in [0, 0.05) is 73.2 Å². The van der Waals surface area contributed by atoms with Crippen LogP contribution in [0.4, 0.5) is 0 Å². The van der Waals surface area contributed by atoms with E-state index in [0.717, 1.165) is 34.9 Å². The maximum absolute atomic E-state index is 9.34. The molecule has 4 aromatic heterocycles. The van der Waals surface area contributed by atoms with Crippen LogP contribution < -0.4 is 113 Å². The van der Waals surface area contributed by atoms with Gasteiger partial charge in [0.25, 0.3) is 6.47 Å². The molecule has 47 heavy (non-hydrogen) atoms. The first kappa shape index (κ1) is 42.3. The van der Waals surface area contributed by atoms with Crippen molar-refractivity contribution in [2.45, 2.75) is 26.9 Å². The van der Waals surface area contributed by atoms with Gasteiger partial charge in [-0.15, -0.1) is 0 Å². The molecular formula is C31H27ClK2N8O5. The summed E-state index contributed by atoms with van der Waals surface area (Å²) in [6.07, 6.45) is 13.0. The summed E-state index contributed by atoms with van der Waals surface area (Å²) in [5.74, 6) is 1.35. The van der Waals surface area contributed by atoms with Crippen molar-refractivity contribution in [3.8, 4) is 29.5 Å². The van der Waals surface area contributed by atoms with E-state index >= 15 is 0 Å². The van der Waals surface area contributed by atoms with E-state index in [2.05, 4.69) is 37.0 Å². The van der Waals surface area contributed by atoms with E-state index in [0.29, 0.717) is 27.9 Å². The van der Waals surface area contributed by atoms with Crippen molar-refractivity contribution in [3.63, 3.8) is 0 Å². The second-order valence-corrected chi connectivity index (χ2v) is 9.02. The fourth-order valence-electron chi connectivity index (χ4n) is 4.06. The summed E-state index contributed by atoms with van der Waals surface area (Å²) < 4.78 is 9.64. The number of phenols is 1. The van der Waals surface area contributed by atoms with Gasteiger partial charge in [-0.3, -0.25) is 14.8 Å². The van der Waals surface area contributed by atoms with Gasteiger partial charge < -0.3 is 30.5 Å². The SMILES string of the molecule is CCn1cc(C#N)c2ccc(O)cc21.CCn1cc(C#N)c2ccc(Oc3cnccn3)cc21.Clc1cnccn1.O=CO[O-].[H-].[K+].[K+]. The summed E-state index contributed by atoms with van der Waals surface area (Å²) in [5.41, 5.74) is 3.21. The smallest absolute Gasteiger partial charge is 1.00 e. The van der Waals surface area contributed by atoms with Gasteiger partial charge in [0.1, 0.15) is 28.8 Å². The van der Waals surface area contributed by atoms with Crippen molar-refractivity contribution in [1.29, 1.82) is 10.5 Å². The molecule has 0 radical (unpaired) electrons. The average molecular weight is 705 g/mol. The van der Waals surface area contributed by atoms with Crippen molar-refractivity contribution < 1.29 is 129 Å². The Kier molecular flexibility index (Phi) is 20.5. The molecule has 0 saturated carbocycles. The van der Waals surface area contributed by atoms with Gasteiger partial charge in [-0.05, 0) is 38.1 Å². The van der Waals surface area contributed by atoms with E-state index in [1.54, 1.807) is 49.2 Å². The summed E-state index contributed by atoms with van der Waals surface area (Å²) in [6, 6.07) is 15.0.